The van der Waals surface area contributed by atoms with Gasteiger partial charge in [-0.15, -0.1) is 0 Å². The monoisotopic (exact) mass is 297 g/mol. The minimum absolute atomic E-state index is 0.202. The molecule has 9 nitrogen and oxygen atoms in total. The van der Waals surface area contributed by atoms with Gasteiger partial charge in [-0.05, 0) is 13.3 Å². The number of nitro benzene ring substituents is 2. The van der Waals surface area contributed by atoms with Gasteiger partial charge >= 0.3 is 5.97 Å². The van der Waals surface area contributed by atoms with Crippen molar-refractivity contribution < 1.29 is 19.4 Å². The number of carbonyl (C=O) groups excluding carboxylic acids is 1. The van der Waals surface area contributed by atoms with E-state index in [1.807, 2.05) is 6.92 Å². The van der Waals surface area contributed by atoms with Gasteiger partial charge in [-0.1, -0.05) is 6.92 Å². The molecule has 1 atom stereocenters. The zero-order valence-electron chi connectivity index (χ0n) is 11.8. The molecule has 0 saturated heterocycles. The number of carbonyl (C=O) groups is 1. The van der Waals surface area contributed by atoms with Gasteiger partial charge in [0.1, 0.15) is 0 Å². The van der Waals surface area contributed by atoms with Crippen LogP contribution in [0.4, 0.5) is 17.1 Å². The second kappa shape index (κ2) is 6.64. The molecule has 0 aliphatic rings. The van der Waals surface area contributed by atoms with Gasteiger partial charge in [0.15, 0.2) is 5.69 Å². The molecule has 21 heavy (non-hydrogen) atoms. The van der Waals surface area contributed by atoms with Gasteiger partial charge in [0, 0.05) is 18.2 Å². The van der Waals surface area contributed by atoms with Crippen LogP contribution in [0.5, 0.6) is 0 Å². The third kappa shape index (κ3) is 3.65. The Hall–Kier alpha value is -2.71. The molecule has 0 aliphatic carbocycles. The zero-order valence-corrected chi connectivity index (χ0v) is 11.8. The highest BCUT2D eigenvalue weighted by Gasteiger charge is 2.29. The third-order valence-corrected chi connectivity index (χ3v) is 2.91. The molecule has 0 spiro atoms. The average Bonchev–Trinajstić information content (AvgIpc) is 2.45. The average molecular weight is 297 g/mol. The maximum absolute atomic E-state index is 11.5. The lowest BCUT2D eigenvalue weighted by Crippen LogP contribution is -2.16. The van der Waals surface area contributed by atoms with Crippen molar-refractivity contribution in [3.8, 4) is 0 Å². The smallest absolute Gasteiger partial charge is 0.338 e. The van der Waals surface area contributed by atoms with Crippen molar-refractivity contribution in [3.63, 3.8) is 0 Å². The van der Waals surface area contributed by atoms with Crippen LogP contribution in [0, 0.1) is 20.2 Å². The second-order valence-corrected chi connectivity index (χ2v) is 4.35. The van der Waals surface area contributed by atoms with E-state index < -0.39 is 27.2 Å². The van der Waals surface area contributed by atoms with Crippen LogP contribution in [0.3, 0.4) is 0 Å². The van der Waals surface area contributed by atoms with Crippen molar-refractivity contribution in [2.75, 3.05) is 12.4 Å². The molecule has 0 fully saturated rings. The summed E-state index contributed by atoms with van der Waals surface area (Å²) in [5.41, 5.74) is -1.53. The fraction of sp³-hybridized carbons (Fsp3) is 0.417. The second-order valence-electron chi connectivity index (χ2n) is 4.35. The van der Waals surface area contributed by atoms with E-state index in [0.717, 1.165) is 19.2 Å². The fourth-order valence-electron chi connectivity index (χ4n) is 1.63. The summed E-state index contributed by atoms with van der Waals surface area (Å²) < 4.78 is 4.44. The Kier molecular flexibility index (Phi) is 5.17. The lowest BCUT2D eigenvalue weighted by Gasteiger charge is -2.13. The molecule has 1 rings (SSSR count). The number of benzene rings is 1. The molecule has 0 radical (unpaired) electrons. The number of anilines is 1. The summed E-state index contributed by atoms with van der Waals surface area (Å²) >= 11 is 0. The van der Waals surface area contributed by atoms with Gasteiger partial charge in [-0.2, -0.15) is 0 Å². The number of methoxy groups -OCH3 is 1. The molecule has 1 N–H and O–H groups in total. The molecule has 1 aromatic rings. The number of nitro groups is 2. The summed E-state index contributed by atoms with van der Waals surface area (Å²) in [7, 11) is 1.09. The molecule has 114 valence electrons. The molecule has 1 unspecified atom stereocenters. The molecule has 0 aliphatic heterocycles. The summed E-state index contributed by atoms with van der Waals surface area (Å²) in [6.45, 7) is 3.57. The Bertz CT molecular complexity index is 551. The van der Waals surface area contributed by atoms with E-state index in [-0.39, 0.29) is 17.3 Å². The largest absolute Gasteiger partial charge is 0.465 e. The van der Waals surface area contributed by atoms with Crippen LogP contribution in [0.1, 0.15) is 30.6 Å². The SMILES string of the molecule is CCC(C)Nc1c([N+](=O)[O-])cc(C(=O)OC)cc1[N+](=O)[O-]. The maximum Gasteiger partial charge on any atom is 0.338 e. The van der Waals surface area contributed by atoms with Crippen LogP contribution >= 0.6 is 0 Å². The first-order valence-corrected chi connectivity index (χ1v) is 6.13. The Labute approximate surface area is 120 Å². The van der Waals surface area contributed by atoms with Crippen molar-refractivity contribution in [2.24, 2.45) is 0 Å². The quantitative estimate of drug-likeness (QED) is 0.485. The first-order chi connectivity index (χ1) is 9.81. The van der Waals surface area contributed by atoms with Crippen LogP contribution in [-0.2, 0) is 4.74 Å². The molecule has 9 heteroatoms. The predicted molar refractivity (Wildman–Crippen MR) is 74.5 cm³/mol. The lowest BCUT2D eigenvalue weighted by atomic mass is 10.1. The number of rotatable bonds is 6. The van der Waals surface area contributed by atoms with E-state index >= 15 is 0 Å². The van der Waals surface area contributed by atoms with E-state index in [9.17, 15) is 25.0 Å². The number of nitrogens with zero attached hydrogens (tertiary/aromatic N) is 2. The van der Waals surface area contributed by atoms with Gasteiger partial charge in [-0.25, -0.2) is 4.79 Å². The number of hydrogen-bond acceptors (Lipinski definition) is 7. The normalized spacial score (nSPS) is 11.6. The van der Waals surface area contributed by atoms with Gasteiger partial charge in [0.2, 0.25) is 0 Å². The topological polar surface area (TPSA) is 125 Å². The first kappa shape index (κ1) is 16.3. The van der Waals surface area contributed by atoms with Crippen LogP contribution in [0.2, 0.25) is 0 Å². The highest BCUT2D eigenvalue weighted by molar-refractivity contribution is 5.93. The van der Waals surface area contributed by atoms with Gasteiger partial charge in [-0.3, -0.25) is 20.2 Å². The van der Waals surface area contributed by atoms with Gasteiger partial charge < -0.3 is 10.1 Å². The van der Waals surface area contributed by atoms with Crippen molar-refractivity contribution >= 4 is 23.0 Å². The number of hydrogen-bond donors (Lipinski definition) is 1. The van der Waals surface area contributed by atoms with Crippen molar-refractivity contribution in [3.05, 3.63) is 37.9 Å². The maximum atomic E-state index is 11.5. The van der Waals surface area contributed by atoms with Crippen LogP contribution < -0.4 is 5.32 Å². The molecule has 0 bridgehead atoms. The van der Waals surface area contributed by atoms with Crippen LogP contribution in [0.25, 0.3) is 0 Å². The zero-order chi connectivity index (χ0) is 16.2. The molecular formula is C12H15N3O6. The van der Waals surface area contributed by atoms with E-state index in [1.165, 1.54) is 0 Å². The Morgan fingerprint density at radius 1 is 1.29 bits per heavy atom. The van der Waals surface area contributed by atoms with E-state index in [4.69, 9.17) is 0 Å². The van der Waals surface area contributed by atoms with E-state index in [1.54, 1.807) is 6.92 Å². The number of nitrogens with one attached hydrogen (secondary N) is 1. The third-order valence-electron chi connectivity index (χ3n) is 2.91. The van der Waals surface area contributed by atoms with Crippen molar-refractivity contribution in [1.29, 1.82) is 0 Å². The molecule has 0 saturated carbocycles. The van der Waals surface area contributed by atoms with Crippen LogP contribution in [0.15, 0.2) is 12.1 Å². The Morgan fingerprint density at radius 2 is 1.76 bits per heavy atom. The van der Waals surface area contributed by atoms with Gasteiger partial charge in [0.25, 0.3) is 11.4 Å². The summed E-state index contributed by atoms with van der Waals surface area (Å²) in [5, 5.41) is 25.0. The molecule has 1 aromatic carbocycles. The van der Waals surface area contributed by atoms with Crippen molar-refractivity contribution in [2.45, 2.75) is 26.3 Å². The highest BCUT2D eigenvalue weighted by atomic mass is 16.6. The van der Waals surface area contributed by atoms with E-state index in [2.05, 4.69) is 10.1 Å². The molecule has 0 heterocycles. The minimum Gasteiger partial charge on any atom is -0.465 e. The summed E-state index contributed by atoms with van der Waals surface area (Å²) in [4.78, 5) is 32.2. The van der Waals surface area contributed by atoms with Gasteiger partial charge in [0.05, 0.1) is 22.5 Å². The number of ether oxygens (including phenoxy) is 1. The fourth-order valence-corrected chi connectivity index (χ4v) is 1.63. The Balaban J connectivity index is 3.54. The minimum atomic E-state index is -0.878. The lowest BCUT2D eigenvalue weighted by molar-refractivity contribution is -0.392. The highest BCUT2D eigenvalue weighted by Crippen LogP contribution is 2.36. The summed E-state index contributed by atoms with van der Waals surface area (Å²) in [5.74, 6) is -0.878. The van der Waals surface area contributed by atoms with Crippen molar-refractivity contribution in [1.82, 2.24) is 0 Å². The standard InChI is InChI=1S/C12H15N3O6/c1-4-7(2)13-11-9(14(17)18)5-8(12(16)21-3)6-10(11)15(19)20/h5-7,13H,4H2,1-3H3. The summed E-state index contributed by atoms with van der Waals surface area (Å²) in [6, 6.07) is 1.72. The molecular weight excluding hydrogens is 282 g/mol. The van der Waals surface area contributed by atoms with Crippen LogP contribution in [-0.4, -0.2) is 29.0 Å². The molecule has 0 amide bonds. The predicted octanol–water partition coefficient (Wildman–Crippen LogP) is 2.50. The Morgan fingerprint density at radius 3 is 2.10 bits per heavy atom. The molecule has 0 aromatic heterocycles. The first-order valence-electron chi connectivity index (χ1n) is 6.13. The summed E-state index contributed by atoms with van der Waals surface area (Å²) in [6.07, 6.45) is 0.618. The number of esters is 1. The van der Waals surface area contributed by atoms with E-state index in [0.29, 0.717) is 6.42 Å².